The molecule has 0 aromatic heterocycles. The fourth-order valence-corrected chi connectivity index (χ4v) is 1.59. The molecule has 5 nitrogen and oxygen atoms in total. The Hall–Kier alpha value is -1.40. The minimum Gasteiger partial charge on any atom is -0.479 e. The van der Waals surface area contributed by atoms with Crippen molar-refractivity contribution in [3.05, 3.63) is 29.3 Å². The van der Waals surface area contributed by atoms with Crippen molar-refractivity contribution in [1.82, 2.24) is 0 Å². The highest BCUT2D eigenvalue weighted by atomic mass is 79.9. The van der Waals surface area contributed by atoms with E-state index < -0.39 is 12.1 Å². The van der Waals surface area contributed by atoms with E-state index in [2.05, 4.69) is 15.9 Å². The zero-order valence-corrected chi connectivity index (χ0v) is 10.6. The molecule has 2 unspecified atom stereocenters. The second-order valence-electron chi connectivity index (χ2n) is 3.56. The first kappa shape index (κ1) is 13.7. The summed E-state index contributed by atoms with van der Waals surface area (Å²) < 4.78 is 0. The molecule has 1 aromatic rings. The summed E-state index contributed by atoms with van der Waals surface area (Å²) >= 11 is 3.13. The lowest BCUT2D eigenvalue weighted by Gasteiger charge is -2.11. The van der Waals surface area contributed by atoms with Crippen LogP contribution >= 0.6 is 15.9 Å². The lowest BCUT2D eigenvalue weighted by molar-refractivity contribution is -0.146. The van der Waals surface area contributed by atoms with Crippen molar-refractivity contribution < 1.29 is 19.8 Å². The van der Waals surface area contributed by atoms with Crippen molar-refractivity contribution in [2.75, 3.05) is 5.73 Å². The van der Waals surface area contributed by atoms with Crippen LogP contribution in [0.4, 0.5) is 5.69 Å². The van der Waals surface area contributed by atoms with E-state index in [0.717, 1.165) is 0 Å². The third-order valence-electron chi connectivity index (χ3n) is 2.26. The van der Waals surface area contributed by atoms with Crippen LogP contribution in [-0.4, -0.2) is 26.8 Å². The van der Waals surface area contributed by atoms with Gasteiger partial charge in [0.25, 0.3) is 0 Å². The van der Waals surface area contributed by atoms with E-state index in [1.807, 2.05) is 0 Å². The fourth-order valence-electron chi connectivity index (χ4n) is 1.33. The number of carboxylic acids is 1. The van der Waals surface area contributed by atoms with Gasteiger partial charge < -0.3 is 15.9 Å². The number of carbonyl (C=O) groups is 2. The number of anilines is 1. The summed E-state index contributed by atoms with van der Waals surface area (Å²) in [6, 6.07) is 4.20. The number of benzene rings is 1. The van der Waals surface area contributed by atoms with Gasteiger partial charge in [0.2, 0.25) is 0 Å². The third kappa shape index (κ3) is 3.04. The molecule has 0 saturated carbocycles. The Labute approximate surface area is 106 Å². The van der Waals surface area contributed by atoms with Gasteiger partial charge in [0, 0.05) is 16.8 Å². The van der Waals surface area contributed by atoms with Gasteiger partial charge >= 0.3 is 5.97 Å². The number of aliphatic hydroxyl groups is 1. The summed E-state index contributed by atoms with van der Waals surface area (Å²) in [5.74, 6) is -1.61. The van der Waals surface area contributed by atoms with Crippen LogP contribution in [0.3, 0.4) is 0 Å². The molecule has 0 spiro atoms. The van der Waals surface area contributed by atoms with Gasteiger partial charge in [0.1, 0.15) is 0 Å². The molecule has 0 bridgehead atoms. The molecule has 1 rings (SSSR count). The number of carboxylic acid groups (broad SMARTS) is 1. The van der Waals surface area contributed by atoms with E-state index in [-0.39, 0.29) is 21.9 Å². The van der Waals surface area contributed by atoms with Gasteiger partial charge in [-0.25, -0.2) is 4.79 Å². The van der Waals surface area contributed by atoms with Crippen LogP contribution in [0, 0.1) is 0 Å². The van der Waals surface area contributed by atoms with Gasteiger partial charge in [-0.2, -0.15) is 0 Å². The first-order chi connectivity index (χ1) is 7.84. The second-order valence-corrected chi connectivity index (χ2v) is 4.94. The largest absolute Gasteiger partial charge is 0.479 e. The lowest BCUT2D eigenvalue weighted by atomic mass is 10.0. The molecule has 0 amide bonds. The number of aliphatic hydroxyl groups excluding tert-OH is 1. The molecule has 0 fully saturated rings. The maximum Gasteiger partial charge on any atom is 0.337 e. The monoisotopic (exact) mass is 301 g/mol. The number of hydrogen-bond acceptors (Lipinski definition) is 4. The highest BCUT2D eigenvalue weighted by molar-refractivity contribution is 9.10. The van der Waals surface area contributed by atoms with Gasteiger partial charge in [0.15, 0.2) is 11.9 Å². The predicted octanol–water partition coefficient (Wildman–Crippen LogP) is 1.35. The maximum atomic E-state index is 11.7. The van der Waals surface area contributed by atoms with Crippen LogP contribution < -0.4 is 5.73 Å². The number of Topliss-reactive ketones (excluding diaryl/α,β-unsaturated/α-hetero) is 1. The van der Waals surface area contributed by atoms with E-state index in [4.69, 9.17) is 10.8 Å². The molecule has 0 radical (unpaired) electrons. The number of hydrogen-bond donors (Lipinski definition) is 3. The Morgan fingerprint density at radius 1 is 1.41 bits per heavy atom. The van der Waals surface area contributed by atoms with E-state index >= 15 is 0 Å². The number of nitrogens with two attached hydrogens (primary N) is 1. The molecule has 0 heterocycles. The summed E-state index contributed by atoms with van der Waals surface area (Å²) in [7, 11) is 0. The number of carbonyl (C=O) groups excluding carboxylic acids is 1. The van der Waals surface area contributed by atoms with Crippen LogP contribution in [0.2, 0.25) is 0 Å². The second kappa shape index (κ2) is 5.29. The Balaban J connectivity index is 3.19. The molecule has 4 N–H and O–H groups in total. The topological polar surface area (TPSA) is 101 Å². The van der Waals surface area contributed by atoms with Gasteiger partial charge in [0.05, 0.1) is 4.83 Å². The minimum absolute atomic E-state index is 0.0245. The molecule has 0 saturated heterocycles. The molecular formula is C11H12BrNO4. The van der Waals surface area contributed by atoms with Crippen molar-refractivity contribution in [2.45, 2.75) is 17.9 Å². The highest BCUT2D eigenvalue weighted by Gasteiger charge is 2.21. The van der Waals surface area contributed by atoms with Crippen LogP contribution in [0.15, 0.2) is 18.2 Å². The Morgan fingerprint density at radius 3 is 2.47 bits per heavy atom. The normalized spacial score (nSPS) is 14.1. The zero-order valence-electron chi connectivity index (χ0n) is 9.05. The molecule has 92 valence electrons. The summed E-state index contributed by atoms with van der Waals surface area (Å²) in [5, 5.41) is 18.1. The van der Waals surface area contributed by atoms with Crippen LogP contribution in [0.1, 0.15) is 28.9 Å². The van der Waals surface area contributed by atoms with Crippen LogP contribution in [0.5, 0.6) is 0 Å². The number of aliphatic carboxylic acids is 1. The van der Waals surface area contributed by atoms with E-state index in [1.165, 1.54) is 18.2 Å². The first-order valence-electron chi connectivity index (χ1n) is 4.83. The Morgan fingerprint density at radius 2 is 2.00 bits per heavy atom. The van der Waals surface area contributed by atoms with Gasteiger partial charge in [-0.05, 0) is 25.1 Å². The van der Waals surface area contributed by atoms with Crippen LogP contribution in [-0.2, 0) is 4.79 Å². The van der Waals surface area contributed by atoms with Crippen LogP contribution in [0.25, 0.3) is 0 Å². The molecule has 0 aliphatic heterocycles. The quantitative estimate of drug-likeness (QED) is 0.443. The number of ketones is 1. The van der Waals surface area contributed by atoms with Gasteiger partial charge in [-0.15, -0.1) is 0 Å². The third-order valence-corrected chi connectivity index (χ3v) is 2.68. The smallest absolute Gasteiger partial charge is 0.337 e. The molecule has 17 heavy (non-hydrogen) atoms. The van der Waals surface area contributed by atoms with Crippen molar-refractivity contribution in [3.8, 4) is 0 Å². The van der Waals surface area contributed by atoms with E-state index in [1.54, 1.807) is 6.92 Å². The lowest BCUT2D eigenvalue weighted by Crippen LogP contribution is -2.15. The highest BCUT2D eigenvalue weighted by Crippen LogP contribution is 2.23. The number of rotatable bonds is 4. The minimum atomic E-state index is -1.73. The van der Waals surface area contributed by atoms with E-state index in [9.17, 15) is 14.7 Å². The van der Waals surface area contributed by atoms with Crippen molar-refractivity contribution in [2.24, 2.45) is 0 Å². The molecule has 2 atom stereocenters. The Kier molecular flexibility index (Phi) is 4.25. The Bertz CT molecular complexity index is 459. The van der Waals surface area contributed by atoms with Gasteiger partial charge in [-0.1, -0.05) is 15.9 Å². The SMILES string of the molecule is CC(Br)C(=O)c1ccc(N)c(C(O)C(=O)O)c1. The summed E-state index contributed by atoms with van der Waals surface area (Å²) in [6.45, 7) is 1.66. The summed E-state index contributed by atoms with van der Waals surface area (Å²) in [5.41, 5.74) is 6.02. The summed E-state index contributed by atoms with van der Waals surface area (Å²) in [4.78, 5) is 22.0. The fraction of sp³-hybridized carbons (Fsp3) is 0.273. The first-order valence-corrected chi connectivity index (χ1v) is 5.74. The average Bonchev–Trinajstić information content (AvgIpc) is 2.27. The van der Waals surface area contributed by atoms with Gasteiger partial charge in [-0.3, -0.25) is 4.79 Å². The molecule has 6 heteroatoms. The van der Waals surface area contributed by atoms with Crippen molar-refractivity contribution in [1.29, 1.82) is 0 Å². The maximum absolute atomic E-state index is 11.7. The standard InChI is InChI=1S/C11H12BrNO4/c1-5(12)9(14)6-2-3-8(13)7(4-6)10(15)11(16)17/h2-5,10,15H,13H2,1H3,(H,16,17). The van der Waals surface area contributed by atoms with E-state index in [0.29, 0.717) is 5.56 Å². The summed E-state index contributed by atoms with van der Waals surface area (Å²) in [6.07, 6.45) is -1.73. The molecular weight excluding hydrogens is 290 g/mol. The zero-order chi connectivity index (χ0) is 13.2. The molecule has 1 aromatic carbocycles. The molecule has 0 aliphatic rings. The van der Waals surface area contributed by atoms with Crippen molar-refractivity contribution >= 4 is 33.4 Å². The average molecular weight is 302 g/mol. The molecule has 0 aliphatic carbocycles. The number of halogens is 1. The van der Waals surface area contributed by atoms with Crippen molar-refractivity contribution in [3.63, 3.8) is 0 Å². The number of nitrogen functional groups attached to an aromatic ring is 1. The number of alkyl halides is 1. The predicted molar refractivity (Wildman–Crippen MR) is 66.2 cm³/mol.